The lowest BCUT2D eigenvalue weighted by molar-refractivity contribution is -0.128. The predicted octanol–water partition coefficient (Wildman–Crippen LogP) is 4.38. The van der Waals surface area contributed by atoms with Crippen LogP contribution < -0.4 is 14.8 Å². The van der Waals surface area contributed by atoms with E-state index >= 15 is 0 Å². The largest absolute Gasteiger partial charge is 0.482 e. The van der Waals surface area contributed by atoms with Crippen molar-refractivity contribution in [1.82, 2.24) is 9.97 Å². The maximum Gasteiger partial charge on any atom is 0.271 e. The lowest BCUT2D eigenvalue weighted by Gasteiger charge is -2.30. The summed E-state index contributed by atoms with van der Waals surface area (Å²) in [5, 5.41) is 4.44. The molecule has 6 nitrogen and oxygen atoms in total. The Labute approximate surface area is 162 Å². The predicted molar refractivity (Wildman–Crippen MR) is 107 cm³/mol. The Balaban J connectivity index is 1.43. The molecule has 0 fully saturated rings. The molecule has 2 aromatic heterocycles. The van der Waals surface area contributed by atoms with Gasteiger partial charge in [-0.2, -0.15) is 0 Å². The first-order valence-electron chi connectivity index (χ1n) is 8.48. The highest BCUT2D eigenvalue weighted by Gasteiger charge is 2.34. The minimum atomic E-state index is -0.738. The van der Waals surface area contributed by atoms with Gasteiger partial charge in [0.2, 0.25) is 6.10 Å². The molecule has 27 heavy (non-hydrogen) atoms. The smallest absolute Gasteiger partial charge is 0.271 e. The van der Waals surface area contributed by atoms with E-state index in [0.717, 1.165) is 25.4 Å². The van der Waals surface area contributed by atoms with Crippen LogP contribution in [0.15, 0.2) is 36.4 Å². The number of amides is 1. The monoisotopic (exact) mass is 397 g/mol. The Hall–Kier alpha value is -2.71. The van der Waals surface area contributed by atoms with Crippen LogP contribution in [-0.4, -0.2) is 28.1 Å². The molecule has 0 radical (unpaired) electrons. The second-order valence-electron chi connectivity index (χ2n) is 6.31. The van der Waals surface area contributed by atoms with Crippen molar-refractivity contribution in [3.8, 4) is 11.5 Å². The fourth-order valence-corrected chi connectivity index (χ4v) is 5.13. The molecule has 136 valence electrons. The number of carbonyl (C=O) groups is 1. The number of carbonyl (C=O) groups excluding carboxylic acids is 1. The molecule has 2 aromatic carbocycles. The van der Waals surface area contributed by atoms with Crippen molar-refractivity contribution in [2.24, 2.45) is 0 Å². The molecule has 1 aliphatic rings. The number of hydrogen-bond acceptors (Lipinski definition) is 7. The molecule has 0 aliphatic carbocycles. The number of hydrogen-bond donors (Lipinski definition) is 1. The number of thiazole rings is 2. The molecule has 1 amide bonds. The van der Waals surface area contributed by atoms with Crippen LogP contribution in [0.25, 0.3) is 20.4 Å². The second-order valence-corrected chi connectivity index (χ2v) is 8.51. The van der Waals surface area contributed by atoms with Crippen LogP contribution in [0.4, 0.5) is 5.13 Å². The Morgan fingerprint density at radius 2 is 1.67 bits per heavy atom. The van der Waals surface area contributed by atoms with E-state index in [-0.39, 0.29) is 5.91 Å². The van der Waals surface area contributed by atoms with E-state index in [1.807, 2.05) is 44.2 Å². The normalized spacial score (nSPS) is 18.7. The van der Waals surface area contributed by atoms with E-state index in [4.69, 9.17) is 9.47 Å². The average molecular weight is 397 g/mol. The van der Waals surface area contributed by atoms with Gasteiger partial charge in [0, 0.05) is 0 Å². The molecule has 2 unspecified atom stereocenters. The van der Waals surface area contributed by atoms with Crippen molar-refractivity contribution >= 4 is 54.1 Å². The number of fused-ring (bicyclic) bond motifs is 4. The first kappa shape index (κ1) is 16.5. The van der Waals surface area contributed by atoms with Gasteiger partial charge in [0.25, 0.3) is 5.91 Å². The molecule has 4 aromatic rings. The SMILES string of the molecule is Cc1nc2ccc3nc(NC(=O)C4Oc5ccccc5OC4C)sc3c2s1. The zero-order chi connectivity index (χ0) is 18.5. The van der Waals surface area contributed by atoms with Gasteiger partial charge >= 0.3 is 0 Å². The van der Waals surface area contributed by atoms with Crippen molar-refractivity contribution in [3.05, 3.63) is 41.4 Å². The lowest BCUT2D eigenvalue weighted by atomic mass is 10.1. The summed E-state index contributed by atoms with van der Waals surface area (Å²) in [5.41, 5.74) is 1.81. The topological polar surface area (TPSA) is 73.3 Å². The summed E-state index contributed by atoms with van der Waals surface area (Å²) in [6.45, 7) is 3.81. The summed E-state index contributed by atoms with van der Waals surface area (Å²) < 4.78 is 13.8. The third kappa shape index (κ3) is 2.81. The third-order valence-electron chi connectivity index (χ3n) is 4.35. The minimum Gasteiger partial charge on any atom is -0.482 e. The number of aromatic nitrogens is 2. The molecule has 1 N–H and O–H groups in total. The summed E-state index contributed by atoms with van der Waals surface area (Å²) >= 11 is 3.09. The summed E-state index contributed by atoms with van der Waals surface area (Å²) in [6, 6.07) is 11.2. The van der Waals surface area contributed by atoms with E-state index in [1.54, 1.807) is 17.4 Å². The number of nitrogens with one attached hydrogen (secondary N) is 1. The molecule has 8 heteroatoms. The van der Waals surface area contributed by atoms with E-state index < -0.39 is 12.2 Å². The van der Waals surface area contributed by atoms with E-state index in [0.29, 0.717) is 16.6 Å². The summed E-state index contributed by atoms with van der Waals surface area (Å²) in [4.78, 5) is 21.8. The first-order valence-corrected chi connectivity index (χ1v) is 10.1. The number of nitrogens with zero attached hydrogens (tertiary/aromatic N) is 2. The quantitative estimate of drug-likeness (QED) is 0.543. The number of rotatable bonds is 2. The summed E-state index contributed by atoms with van der Waals surface area (Å²) in [6.07, 6.45) is -1.14. The average Bonchev–Trinajstić information content (AvgIpc) is 3.22. The van der Waals surface area contributed by atoms with Crippen molar-refractivity contribution in [2.75, 3.05) is 5.32 Å². The van der Waals surface area contributed by atoms with Gasteiger partial charge in [0.1, 0.15) is 6.10 Å². The molecule has 3 heterocycles. The fraction of sp³-hybridized carbons (Fsp3) is 0.211. The van der Waals surface area contributed by atoms with Crippen LogP contribution >= 0.6 is 22.7 Å². The molecule has 0 saturated heterocycles. The minimum absolute atomic E-state index is 0.271. The van der Waals surface area contributed by atoms with Crippen molar-refractivity contribution < 1.29 is 14.3 Å². The molecule has 2 atom stereocenters. The van der Waals surface area contributed by atoms with Crippen LogP contribution in [0.3, 0.4) is 0 Å². The third-order valence-corrected chi connectivity index (χ3v) is 6.49. The Morgan fingerprint density at radius 3 is 2.44 bits per heavy atom. The van der Waals surface area contributed by atoms with E-state index in [1.165, 1.54) is 11.3 Å². The van der Waals surface area contributed by atoms with Gasteiger partial charge in [-0.15, -0.1) is 11.3 Å². The highest BCUT2D eigenvalue weighted by Crippen LogP contribution is 2.37. The number of para-hydroxylation sites is 2. The maximum atomic E-state index is 12.8. The van der Waals surface area contributed by atoms with Crippen molar-refractivity contribution in [1.29, 1.82) is 0 Å². The van der Waals surface area contributed by atoms with Gasteiger partial charge in [0.05, 0.1) is 25.4 Å². The summed E-state index contributed by atoms with van der Waals surface area (Å²) in [7, 11) is 0. The van der Waals surface area contributed by atoms with Gasteiger partial charge in [-0.25, -0.2) is 9.97 Å². The van der Waals surface area contributed by atoms with E-state index in [9.17, 15) is 4.79 Å². The Bertz CT molecular complexity index is 1180. The van der Waals surface area contributed by atoms with Crippen LogP contribution in [0.5, 0.6) is 11.5 Å². The Morgan fingerprint density at radius 1 is 1.00 bits per heavy atom. The second kappa shape index (κ2) is 6.17. The van der Waals surface area contributed by atoms with Gasteiger partial charge in [-0.3, -0.25) is 10.1 Å². The van der Waals surface area contributed by atoms with Crippen molar-refractivity contribution in [3.63, 3.8) is 0 Å². The van der Waals surface area contributed by atoms with Crippen LogP contribution in [-0.2, 0) is 4.79 Å². The highest BCUT2D eigenvalue weighted by molar-refractivity contribution is 7.28. The highest BCUT2D eigenvalue weighted by atomic mass is 32.1. The summed E-state index contributed by atoms with van der Waals surface area (Å²) in [5.74, 6) is 0.951. The lowest BCUT2D eigenvalue weighted by Crippen LogP contribution is -2.46. The fourth-order valence-electron chi connectivity index (χ4n) is 3.12. The van der Waals surface area contributed by atoms with Gasteiger partial charge in [-0.1, -0.05) is 23.5 Å². The van der Waals surface area contributed by atoms with Gasteiger partial charge in [0.15, 0.2) is 16.6 Å². The van der Waals surface area contributed by atoms with Crippen LogP contribution in [0, 0.1) is 6.92 Å². The molecule has 0 bridgehead atoms. The Kier molecular flexibility index (Phi) is 3.76. The van der Waals surface area contributed by atoms with Gasteiger partial charge < -0.3 is 9.47 Å². The number of ether oxygens (including phenoxy) is 2. The maximum absolute atomic E-state index is 12.8. The molecule has 0 saturated carbocycles. The standard InChI is InChI=1S/C19H15N3O3S2/c1-9-15(25-14-6-4-3-5-13(14)24-9)18(23)22-19-21-12-8-7-11-16(17(12)27-19)26-10(2)20-11/h3-9,15H,1-2H3,(H,21,22,23). The van der Waals surface area contributed by atoms with Crippen molar-refractivity contribution in [2.45, 2.75) is 26.1 Å². The van der Waals surface area contributed by atoms with Crippen LogP contribution in [0.1, 0.15) is 11.9 Å². The molecular formula is C19H15N3O3S2. The molecular weight excluding hydrogens is 382 g/mol. The number of anilines is 1. The molecule has 0 spiro atoms. The van der Waals surface area contributed by atoms with E-state index in [2.05, 4.69) is 15.3 Å². The molecule has 1 aliphatic heterocycles. The zero-order valence-electron chi connectivity index (χ0n) is 14.6. The molecule has 5 rings (SSSR count). The number of aryl methyl sites for hydroxylation is 1. The van der Waals surface area contributed by atoms with Gasteiger partial charge in [-0.05, 0) is 38.1 Å². The first-order chi connectivity index (χ1) is 13.1. The number of benzene rings is 2. The van der Waals surface area contributed by atoms with Crippen LogP contribution in [0.2, 0.25) is 0 Å². The zero-order valence-corrected chi connectivity index (χ0v) is 16.2.